The molecule has 0 unspecified atom stereocenters. The maximum Gasteiger partial charge on any atom is 0.264 e. The van der Waals surface area contributed by atoms with Crippen LogP contribution in [0.5, 0.6) is 5.75 Å². The molecule has 1 aliphatic rings. The van der Waals surface area contributed by atoms with Gasteiger partial charge in [-0.05, 0) is 68.1 Å². The van der Waals surface area contributed by atoms with Crippen LogP contribution in [0.25, 0.3) is 11.0 Å². The fraction of sp³-hybridized carbons (Fsp3) is 0.412. The highest BCUT2D eigenvalue weighted by Crippen LogP contribution is 2.46. The first-order chi connectivity index (χ1) is 22.4. The monoisotopic (exact) mass is 673 g/mol. The van der Waals surface area contributed by atoms with Gasteiger partial charge in [0.1, 0.15) is 22.4 Å². The van der Waals surface area contributed by atoms with Crippen LogP contribution in [-0.4, -0.2) is 61.1 Å². The fourth-order valence-electron chi connectivity index (χ4n) is 6.21. The number of Topliss-reactive ketones (excluding diaryl/α,β-unsaturated/α-hetero) is 1. The van der Waals surface area contributed by atoms with Gasteiger partial charge >= 0.3 is 0 Å². The van der Waals surface area contributed by atoms with E-state index in [1.807, 2.05) is 64.4 Å². The Balaban J connectivity index is 1.43. The Bertz CT molecular complexity index is 2040. The summed E-state index contributed by atoms with van der Waals surface area (Å²) >= 11 is 1.49. The number of aryl methyl sites for hydroxylation is 3. The maximum atomic E-state index is 14.2. The van der Waals surface area contributed by atoms with E-state index in [0.717, 1.165) is 37.6 Å². The fourth-order valence-corrected chi connectivity index (χ4v) is 8.91. The molecule has 0 saturated carbocycles. The highest BCUT2D eigenvalue weighted by atomic mass is 32.2. The first-order valence-electron chi connectivity index (χ1n) is 15.8. The van der Waals surface area contributed by atoms with Crippen LogP contribution in [0, 0.1) is 19.3 Å². The van der Waals surface area contributed by atoms with Crippen molar-refractivity contribution >= 4 is 38.2 Å². The summed E-state index contributed by atoms with van der Waals surface area (Å²) in [5.74, 6) is -0.130. The van der Waals surface area contributed by atoms with E-state index in [-0.39, 0.29) is 42.2 Å². The standard InChI is InChI=1S/C34H39N7O4S2/c1-7-24-19-40(47(43,44)33-28(45-24)12-10-16-36-33)20-26-22(4)46-32(37-26)30(34(5,6)29(42)17-23-11-9-15-35-18-23)25-13-14-27-31(21(25)3)38-39-41(27)8-2/h9-16,18,24,30H,7-8,17,19-20H2,1-6H3/t24-,30-/m1/s1. The van der Waals surface area contributed by atoms with Crippen molar-refractivity contribution < 1.29 is 17.9 Å². The van der Waals surface area contributed by atoms with Gasteiger partial charge in [0.25, 0.3) is 10.0 Å². The van der Waals surface area contributed by atoms with E-state index >= 15 is 0 Å². The number of hydrogen-bond donors (Lipinski definition) is 0. The zero-order chi connectivity index (χ0) is 33.5. The normalized spacial score (nSPS) is 17.2. The van der Waals surface area contributed by atoms with Crippen molar-refractivity contribution in [1.29, 1.82) is 0 Å². The second-order valence-electron chi connectivity index (χ2n) is 12.5. The molecule has 0 bridgehead atoms. The Morgan fingerprint density at radius 3 is 2.64 bits per heavy atom. The van der Waals surface area contributed by atoms with E-state index in [1.54, 1.807) is 24.5 Å². The van der Waals surface area contributed by atoms with Gasteiger partial charge in [0.15, 0.2) is 5.75 Å². The summed E-state index contributed by atoms with van der Waals surface area (Å²) in [6.07, 6.45) is 5.38. The number of nitrogens with zero attached hydrogens (tertiary/aromatic N) is 7. The minimum Gasteiger partial charge on any atom is -0.486 e. The average molecular weight is 674 g/mol. The highest BCUT2D eigenvalue weighted by Gasteiger charge is 2.42. The number of fused-ring (bicyclic) bond motifs is 2. The third-order valence-electron chi connectivity index (χ3n) is 9.08. The van der Waals surface area contributed by atoms with Crippen molar-refractivity contribution in [2.75, 3.05) is 6.54 Å². The predicted octanol–water partition coefficient (Wildman–Crippen LogP) is 5.65. The Hall–Kier alpha value is -4.07. The summed E-state index contributed by atoms with van der Waals surface area (Å²) in [6, 6.07) is 11.1. The number of carbonyl (C=O) groups is 1. The lowest BCUT2D eigenvalue weighted by Gasteiger charge is -2.33. The molecule has 11 nitrogen and oxygen atoms in total. The molecule has 4 aromatic heterocycles. The molecule has 0 N–H and O–H groups in total. The number of carbonyl (C=O) groups excluding carboxylic acids is 1. The van der Waals surface area contributed by atoms with E-state index in [0.29, 0.717) is 18.7 Å². The number of hydrogen-bond acceptors (Lipinski definition) is 10. The van der Waals surface area contributed by atoms with Crippen molar-refractivity contribution in [3.05, 3.63) is 87.3 Å². The average Bonchev–Trinajstić information content (AvgIpc) is 3.62. The summed E-state index contributed by atoms with van der Waals surface area (Å²) in [6.45, 7) is 12.8. The van der Waals surface area contributed by atoms with Crippen molar-refractivity contribution in [3.8, 4) is 5.75 Å². The molecule has 5 heterocycles. The van der Waals surface area contributed by atoms with Crippen LogP contribution in [0.1, 0.15) is 72.3 Å². The molecule has 0 spiro atoms. The lowest BCUT2D eigenvalue weighted by atomic mass is 9.70. The number of benzene rings is 1. The smallest absolute Gasteiger partial charge is 0.264 e. The van der Waals surface area contributed by atoms with Crippen LogP contribution < -0.4 is 4.74 Å². The lowest BCUT2D eigenvalue weighted by molar-refractivity contribution is -0.127. The molecule has 0 radical (unpaired) electrons. The Morgan fingerprint density at radius 1 is 1.13 bits per heavy atom. The number of aromatic nitrogens is 6. The summed E-state index contributed by atoms with van der Waals surface area (Å²) in [5, 5.41) is 9.47. The zero-order valence-corrected chi connectivity index (χ0v) is 29.1. The number of pyridine rings is 2. The maximum absolute atomic E-state index is 14.2. The Labute approximate surface area is 279 Å². The van der Waals surface area contributed by atoms with Crippen molar-refractivity contribution in [1.82, 2.24) is 34.3 Å². The molecule has 1 aromatic carbocycles. The molecular formula is C34H39N7O4S2. The molecule has 246 valence electrons. The molecule has 13 heteroatoms. The van der Waals surface area contributed by atoms with Gasteiger partial charge < -0.3 is 4.74 Å². The molecule has 0 saturated heterocycles. The first kappa shape index (κ1) is 32.9. The molecule has 47 heavy (non-hydrogen) atoms. The van der Waals surface area contributed by atoms with Gasteiger partial charge in [0, 0.05) is 47.8 Å². The number of thiazole rings is 1. The Morgan fingerprint density at radius 2 is 1.91 bits per heavy atom. The third-order valence-corrected chi connectivity index (χ3v) is 11.9. The van der Waals surface area contributed by atoms with E-state index in [2.05, 4.69) is 26.3 Å². The second-order valence-corrected chi connectivity index (χ2v) is 15.6. The van der Waals surface area contributed by atoms with Crippen LogP contribution in [-0.2, 0) is 34.3 Å². The SMILES string of the molecule is CC[C@@H]1CN(Cc2nc([C@@H](c3ccc4c(nnn4CC)c3C)C(C)(C)C(=O)Cc3cccnc3)sc2C)S(=O)(=O)c2ncccc2O1. The molecule has 5 aromatic rings. The molecule has 0 aliphatic carbocycles. The molecule has 0 fully saturated rings. The summed E-state index contributed by atoms with van der Waals surface area (Å²) in [5.41, 5.74) is 4.16. The summed E-state index contributed by atoms with van der Waals surface area (Å²) in [7, 11) is -3.96. The van der Waals surface area contributed by atoms with Gasteiger partial charge in [-0.25, -0.2) is 23.1 Å². The zero-order valence-electron chi connectivity index (χ0n) is 27.5. The molecular weight excluding hydrogens is 635 g/mol. The number of sulfonamides is 1. The number of ketones is 1. The molecule has 0 amide bonds. The van der Waals surface area contributed by atoms with Crippen molar-refractivity contribution in [2.45, 2.75) is 84.5 Å². The van der Waals surface area contributed by atoms with Crippen LogP contribution in [0.15, 0.2) is 60.0 Å². The van der Waals surface area contributed by atoms with Crippen molar-refractivity contribution in [3.63, 3.8) is 0 Å². The van der Waals surface area contributed by atoms with Crippen LogP contribution >= 0.6 is 11.3 Å². The number of rotatable bonds is 10. The van der Waals surface area contributed by atoms with Crippen LogP contribution in [0.3, 0.4) is 0 Å². The largest absolute Gasteiger partial charge is 0.486 e. The minimum absolute atomic E-state index is 0.0438. The van der Waals surface area contributed by atoms with Gasteiger partial charge in [0.05, 0.1) is 24.3 Å². The van der Waals surface area contributed by atoms with Crippen LogP contribution in [0.4, 0.5) is 0 Å². The molecule has 6 rings (SSSR count). The van der Waals surface area contributed by atoms with Gasteiger partial charge in [-0.3, -0.25) is 9.78 Å². The number of ether oxygens (including phenoxy) is 1. The van der Waals surface area contributed by atoms with Crippen molar-refractivity contribution in [2.24, 2.45) is 5.41 Å². The Kier molecular flexibility index (Phi) is 8.98. The quantitative estimate of drug-likeness (QED) is 0.185. The molecule has 1 aliphatic heterocycles. The van der Waals surface area contributed by atoms with Gasteiger partial charge in [-0.15, -0.1) is 16.4 Å². The third kappa shape index (κ3) is 6.07. The highest BCUT2D eigenvalue weighted by molar-refractivity contribution is 7.89. The van der Waals surface area contributed by atoms with Gasteiger partial charge in [-0.2, -0.15) is 4.31 Å². The second kappa shape index (κ2) is 12.9. The van der Waals surface area contributed by atoms with E-state index < -0.39 is 21.4 Å². The van der Waals surface area contributed by atoms with E-state index in [1.165, 1.54) is 21.8 Å². The lowest BCUT2D eigenvalue weighted by Crippen LogP contribution is -2.37. The first-order valence-corrected chi connectivity index (χ1v) is 18.0. The van der Waals surface area contributed by atoms with E-state index in [4.69, 9.17) is 9.72 Å². The summed E-state index contributed by atoms with van der Waals surface area (Å²) in [4.78, 5) is 28.6. The van der Waals surface area contributed by atoms with E-state index in [9.17, 15) is 13.2 Å². The summed E-state index contributed by atoms with van der Waals surface area (Å²) < 4.78 is 37.1. The van der Waals surface area contributed by atoms with Crippen LogP contribution in [0.2, 0.25) is 0 Å². The van der Waals surface area contributed by atoms with Gasteiger partial charge in [0.2, 0.25) is 5.03 Å². The minimum atomic E-state index is -3.96. The molecule has 2 atom stereocenters. The van der Waals surface area contributed by atoms with Gasteiger partial charge in [-0.1, -0.05) is 38.1 Å². The topological polar surface area (TPSA) is 133 Å². The predicted molar refractivity (Wildman–Crippen MR) is 180 cm³/mol.